The standard InChI is InChI=1S/C18H26N2O3S/c1-2-23-18(22)14-5-3-9-20(11-14)17(21)12-19-8-4-6-16(19)15-7-10-24-13-15/h7,10,13-14,16H,2-6,8-9,11-12H2,1H3. The lowest BCUT2D eigenvalue weighted by molar-refractivity contribution is -0.151. The maximum absolute atomic E-state index is 12.7. The van der Waals surface area contributed by atoms with Crippen LogP contribution in [-0.4, -0.2) is 54.5 Å². The normalized spacial score (nSPS) is 25.0. The fourth-order valence-corrected chi connectivity index (χ4v) is 4.49. The van der Waals surface area contributed by atoms with Gasteiger partial charge in [0.05, 0.1) is 19.1 Å². The molecule has 24 heavy (non-hydrogen) atoms. The summed E-state index contributed by atoms with van der Waals surface area (Å²) in [5.74, 6) is -0.174. The van der Waals surface area contributed by atoms with Gasteiger partial charge in [0.15, 0.2) is 0 Å². The number of ether oxygens (including phenoxy) is 1. The molecule has 1 aromatic rings. The summed E-state index contributed by atoms with van der Waals surface area (Å²) in [4.78, 5) is 28.8. The second kappa shape index (κ2) is 8.12. The molecule has 0 aliphatic carbocycles. The monoisotopic (exact) mass is 350 g/mol. The molecule has 2 saturated heterocycles. The Balaban J connectivity index is 1.57. The zero-order chi connectivity index (χ0) is 16.9. The lowest BCUT2D eigenvalue weighted by Gasteiger charge is -2.33. The Bertz CT molecular complexity index is 561. The molecule has 0 bridgehead atoms. The van der Waals surface area contributed by atoms with E-state index in [1.165, 1.54) is 5.56 Å². The van der Waals surface area contributed by atoms with E-state index in [4.69, 9.17) is 4.74 Å². The minimum Gasteiger partial charge on any atom is -0.466 e. The number of nitrogens with zero attached hydrogens (tertiary/aromatic N) is 2. The minimum atomic E-state index is -0.160. The highest BCUT2D eigenvalue weighted by molar-refractivity contribution is 7.07. The molecule has 1 amide bonds. The number of hydrogen-bond acceptors (Lipinski definition) is 5. The zero-order valence-electron chi connectivity index (χ0n) is 14.3. The van der Waals surface area contributed by atoms with Crippen molar-refractivity contribution in [3.63, 3.8) is 0 Å². The predicted octanol–water partition coefficient (Wildman–Crippen LogP) is 2.69. The second-order valence-corrected chi connectivity index (χ2v) is 7.40. The Hall–Kier alpha value is -1.40. The molecule has 2 unspecified atom stereocenters. The van der Waals surface area contributed by atoms with E-state index in [1.54, 1.807) is 11.3 Å². The summed E-state index contributed by atoms with van der Waals surface area (Å²) in [5.41, 5.74) is 1.33. The Kier molecular flexibility index (Phi) is 5.89. The minimum absolute atomic E-state index is 0.145. The van der Waals surface area contributed by atoms with Crippen LogP contribution in [0.3, 0.4) is 0 Å². The van der Waals surface area contributed by atoms with Gasteiger partial charge in [-0.3, -0.25) is 14.5 Å². The molecule has 0 radical (unpaired) electrons. The third-order valence-electron chi connectivity index (χ3n) is 5.02. The summed E-state index contributed by atoms with van der Waals surface area (Å²) in [5, 5.41) is 4.29. The number of thiophene rings is 1. The molecule has 2 aliphatic rings. The van der Waals surface area contributed by atoms with E-state index >= 15 is 0 Å². The van der Waals surface area contributed by atoms with E-state index in [-0.39, 0.29) is 17.8 Å². The molecule has 3 rings (SSSR count). The van der Waals surface area contributed by atoms with Gasteiger partial charge in [0.1, 0.15) is 0 Å². The number of rotatable bonds is 5. The summed E-state index contributed by atoms with van der Waals surface area (Å²) in [6, 6.07) is 2.53. The highest BCUT2D eigenvalue weighted by Gasteiger charge is 2.32. The number of esters is 1. The van der Waals surface area contributed by atoms with Gasteiger partial charge < -0.3 is 9.64 Å². The summed E-state index contributed by atoms with van der Waals surface area (Å²) in [7, 11) is 0. The lowest BCUT2D eigenvalue weighted by atomic mass is 9.98. The molecule has 0 aromatic carbocycles. The van der Waals surface area contributed by atoms with Crippen molar-refractivity contribution in [2.24, 2.45) is 5.92 Å². The number of likely N-dealkylation sites (tertiary alicyclic amines) is 2. The quantitative estimate of drug-likeness (QED) is 0.766. The van der Waals surface area contributed by atoms with Crippen molar-refractivity contribution in [2.75, 3.05) is 32.8 Å². The van der Waals surface area contributed by atoms with Crippen LogP contribution in [0, 0.1) is 5.92 Å². The highest BCUT2D eigenvalue weighted by atomic mass is 32.1. The van der Waals surface area contributed by atoms with E-state index < -0.39 is 0 Å². The van der Waals surface area contributed by atoms with Crippen LogP contribution in [0.2, 0.25) is 0 Å². The fraction of sp³-hybridized carbons (Fsp3) is 0.667. The maximum atomic E-state index is 12.7. The molecule has 0 spiro atoms. The van der Waals surface area contributed by atoms with Crippen molar-refractivity contribution in [1.29, 1.82) is 0 Å². The van der Waals surface area contributed by atoms with Crippen molar-refractivity contribution in [2.45, 2.75) is 38.6 Å². The van der Waals surface area contributed by atoms with Gasteiger partial charge in [-0.2, -0.15) is 11.3 Å². The SMILES string of the molecule is CCOC(=O)C1CCCN(C(=O)CN2CCCC2c2ccsc2)C1. The van der Waals surface area contributed by atoms with Crippen molar-refractivity contribution in [3.05, 3.63) is 22.4 Å². The molecule has 5 nitrogen and oxygen atoms in total. The first-order valence-corrected chi connectivity index (χ1v) is 9.84. The third kappa shape index (κ3) is 3.98. The number of carbonyl (C=O) groups is 2. The second-order valence-electron chi connectivity index (χ2n) is 6.62. The van der Waals surface area contributed by atoms with Crippen LogP contribution in [0.1, 0.15) is 44.2 Å². The molecule has 1 aromatic heterocycles. The Morgan fingerprint density at radius 3 is 2.88 bits per heavy atom. The first-order valence-electron chi connectivity index (χ1n) is 8.89. The fourth-order valence-electron chi connectivity index (χ4n) is 3.79. The highest BCUT2D eigenvalue weighted by Crippen LogP contribution is 2.33. The van der Waals surface area contributed by atoms with Crippen molar-refractivity contribution < 1.29 is 14.3 Å². The molecule has 3 heterocycles. The largest absolute Gasteiger partial charge is 0.466 e. The van der Waals surface area contributed by atoms with Crippen LogP contribution in [0.4, 0.5) is 0 Å². The first kappa shape index (κ1) is 17.4. The smallest absolute Gasteiger partial charge is 0.310 e. The average molecular weight is 350 g/mol. The van der Waals surface area contributed by atoms with Crippen LogP contribution >= 0.6 is 11.3 Å². The summed E-state index contributed by atoms with van der Waals surface area (Å²) >= 11 is 1.71. The van der Waals surface area contributed by atoms with E-state index in [0.717, 1.165) is 38.8 Å². The molecule has 6 heteroatoms. The maximum Gasteiger partial charge on any atom is 0.310 e. The Labute approximate surface area is 147 Å². The van der Waals surface area contributed by atoms with E-state index in [1.807, 2.05) is 11.8 Å². The van der Waals surface area contributed by atoms with Gasteiger partial charge in [0.2, 0.25) is 5.91 Å². The van der Waals surface area contributed by atoms with Gasteiger partial charge in [-0.15, -0.1) is 0 Å². The van der Waals surface area contributed by atoms with Gasteiger partial charge in [-0.05, 0) is 61.5 Å². The summed E-state index contributed by atoms with van der Waals surface area (Å²) in [6.45, 7) is 4.92. The van der Waals surface area contributed by atoms with Crippen LogP contribution in [0.25, 0.3) is 0 Å². The summed E-state index contributed by atoms with van der Waals surface area (Å²) in [6.07, 6.45) is 3.96. The number of hydrogen-bond donors (Lipinski definition) is 0. The number of amides is 1. The van der Waals surface area contributed by atoms with Gasteiger partial charge in [0, 0.05) is 19.1 Å². The molecule has 2 aliphatic heterocycles. The van der Waals surface area contributed by atoms with Crippen LogP contribution in [0.5, 0.6) is 0 Å². The van der Waals surface area contributed by atoms with E-state index in [2.05, 4.69) is 21.7 Å². The summed E-state index contributed by atoms with van der Waals surface area (Å²) < 4.78 is 5.12. The average Bonchev–Trinajstić information content (AvgIpc) is 3.26. The van der Waals surface area contributed by atoms with Crippen LogP contribution in [0.15, 0.2) is 16.8 Å². The lowest BCUT2D eigenvalue weighted by Crippen LogP contribution is -2.46. The molecular formula is C18H26N2O3S. The number of piperidine rings is 1. The van der Waals surface area contributed by atoms with Gasteiger partial charge in [-0.25, -0.2) is 0 Å². The predicted molar refractivity (Wildman–Crippen MR) is 93.8 cm³/mol. The molecule has 2 atom stereocenters. The molecule has 2 fully saturated rings. The van der Waals surface area contributed by atoms with Crippen molar-refractivity contribution >= 4 is 23.2 Å². The zero-order valence-corrected chi connectivity index (χ0v) is 15.1. The van der Waals surface area contributed by atoms with Gasteiger partial charge >= 0.3 is 5.97 Å². The van der Waals surface area contributed by atoms with E-state index in [9.17, 15) is 9.59 Å². The Morgan fingerprint density at radius 2 is 2.12 bits per heavy atom. The molecule has 0 N–H and O–H groups in total. The third-order valence-corrected chi connectivity index (χ3v) is 5.73. The van der Waals surface area contributed by atoms with Gasteiger partial charge in [0.25, 0.3) is 0 Å². The molecule has 0 saturated carbocycles. The van der Waals surface area contributed by atoms with E-state index in [0.29, 0.717) is 25.7 Å². The van der Waals surface area contributed by atoms with Gasteiger partial charge in [-0.1, -0.05) is 0 Å². The molecule has 132 valence electrons. The Morgan fingerprint density at radius 1 is 1.29 bits per heavy atom. The van der Waals surface area contributed by atoms with Crippen LogP contribution < -0.4 is 0 Å². The van der Waals surface area contributed by atoms with Crippen molar-refractivity contribution in [1.82, 2.24) is 9.80 Å². The number of carbonyl (C=O) groups excluding carboxylic acids is 2. The first-order chi connectivity index (χ1) is 11.7. The van der Waals surface area contributed by atoms with Crippen LogP contribution in [-0.2, 0) is 14.3 Å². The van der Waals surface area contributed by atoms with Crippen molar-refractivity contribution in [3.8, 4) is 0 Å². The molecular weight excluding hydrogens is 324 g/mol. The topological polar surface area (TPSA) is 49.9 Å².